The van der Waals surface area contributed by atoms with Crippen molar-refractivity contribution < 1.29 is 8.91 Å². The minimum absolute atomic E-state index is 0.0912. The van der Waals surface area contributed by atoms with Gasteiger partial charge in [0.15, 0.2) is 5.82 Å². The Labute approximate surface area is 117 Å². The molecular weight excluding hydrogens is 257 g/mol. The van der Waals surface area contributed by atoms with Gasteiger partial charge in [-0.25, -0.2) is 4.39 Å². The second-order valence-electron chi connectivity index (χ2n) is 5.66. The van der Waals surface area contributed by atoms with Crippen molar-refractivity contribution in [2.45, 2.75) is 38.5 Å². The highest BCUT2D eigenvalue weighted by Crippen LogP contribution is 2.35. The summed E-state index contributed by atoms with van der Waals surface area (Å²) in [4.78, 5) is 4.45. The van der Waals surface area contributed by atoms with Gasteiger partial charge in [0.2, 0.25) is 0 Å². The van der Waals surface area contributed by atoms with Crippen molar-refractivity contribution in [1.82, 2.24) is 10.1 Å². The van der Waals surface area contributed by atoms with E-state index >= 15 is 0 Å². The van der Waals surface area contributed by atoms with Crippen molar-refractivity contribution >= 4 is 5.69 Å². The Morgan fingerprint density at radius 1 is 1.35 bits per heavy atom. The van der Waals surface area contributed by atoms with Crippen molar-refractivity contribution in [3.8, 4) is 11.5 Å². The predicted octanol–water partition coefficient (Wildman–Crippen LogP) is 3.75. The molecule has 2 atom stereocenters. The number of nitrogens with two attached hydrogens (primary N) is 1. The van der Waals surface area contributed by atoms with E-state index in [0.717, 1.165) is 18.7 Å². The van der Waals surface area contributed by atoms with Crippen LogP contribution < -0.4 is 5.73 Å². The van der Waals surface area contributed by atoms with Gasteiger partial charge in [-0.2, -0.15) is 4.98 Å². The van der Waals surface area contributed by atoms with Gasteiger partial charge >= 0.3 is 0 Å². The Bertz CT molecular complexity index is 611. The average molecular weight is 275 g/mol. The molecule has 2 N–H and O–H groups in total. The van der Waals surface area contributed by atoms with Gasteiger partial charge in [0.1, 0.15) is 5.82 Å². The van der Waals surface area contributed by atoms with Gasteiger partial charge in [0.05, 0.1) is 5.69 Å². The monoisotopic (exact) mass is 275 g/mol. The second kappa shape index (κ2) is 5.23. The Morgan fingerprint density at radius 2 is 2.20 bits per heavy atom. The number of halogens is 1. The SMILES string of the molecule is CC1CCCC(c2noc(-c3ccc(F)c(N)c3)n2)C1. The highest BCUT2D eigenvalue weighted by atomic mass is 19.1. The van der Waals surface area contributed by atoms with E-state index in [4.69, 9.17) is 10.3 Å². The summed E-state index contributed by atoms with van der Waals surface area (Å²) in [5.74, 6) is 1.81. The second-order valence-corrected chi connectivity index (χ2v) is 5.66. The van der Waals surface area contributed by atoms with E-state index in [1.807, 2.05) is 0 Å². The summed E-state index contributed by atoms with van der Waals surface area (Å²) < 4.78 is 18.5. The summed E-state index contributed by atoms with van der Waals surface area (Å²) in [6, 6.07) is 4.44. The first-order valence-corrected chi connectivity index (χ1v) is 7.02. The lowest BCUT2D eigenvalue weighted by Gasteiger charge is -2.23. The number of anilines is 1. The van der Waals surface area contributed by atoms with E-state index in [0.29, 0.717) is 23.3 Å². The maximum absolute atomic E-state index is 13.2. The molecule has 4 nitrogen and oxygen atoms in total. The van der Waals surface area contributed by atoms with Crippen molar-refractivity contribution in [2.24, 2.45) is 5.92 Å². The number of rotatable bonds is 2. The molecule has 1 aliphatic rings. The summed E-state index contributed by atoms with van der Waals surface area (Å²) in [5, 5.41) is 4.08. The van der Waals surface area contributed by atoms with Gasteiger partial charge in [-0.3, -0.25) is 0 Å². The van der Waals surface area contributed by atoms with Crippen molar-refractivity contribution in [1.29, 1.82) is 0 Å². The molecule has 2 aromatic rings. The minimum atomic E-state index is -0.436. The molecule has 1 aliphatic carbocycles. The lowest BCUT2D eigenvalue weighted by Crippen LogP contribution is -2.12. The molecular formula is C15H18FN3O. The zero-order valence-electron chi connectivity index (χ0n) is 11.5. The molecule has 5 heteroatoms. The average Bonchev–Trinajstić information content (AvgIpc) is 2.92. The molecule has 20 heavy (non-hydrogen) atoms. The molecule has 0 saturated heterocycles. The molecule has 0 bridgehead atoms. The zero-order chi connectivity index (χ0) is 14.1. The summed E-state index contributed by atoms with van der Waals surface area (Å²) in [6.45, 7) is 2.26. The molecule has 106 valence electrons. The molecule has 0 radical (unpaired) electrons. The van der Waals surface area contributed by atoms with Crippen LogP contribution in [0.25, 0.3) is 11.5 Å². The molecule has 0 spiro atoms. The number of hydrogen-bond donors (Lipinski definition) is 1. The largest absolute Gasteiger partial charge is 0.396 e. The third-order valence-electron chi connectivity index (χ3n) is 3.99. The first-order valence-electron chi connectivity index (χ1n) is 7.02. The van der Waals surface area contributed by atoms with Gasteiger partial charge in [0, 0.05) is 11.5 Å². The third-order valence-corrected chi connectivity index (χ3v) is 3.99. The van der Waals surface area contributed by atoms with Crippen molar-refractivity contribution in [3.63, 3.8) is 0 Å². The molecule has 1 saturated carbocycles. The standard InChI is InChI=1S/C15H18FN3O/c1-9-3-2-4-10(7-9)14-18-15(20-19-14)11-5-6-12(16)13(17)8-11/h5-6,8-10H,2-4,7,17H2,1H3. The lowest BCUT2D eigenvalue weighted by atomic mass is 9.82. The Morgan fingerprint density at radius 3 is 2.95 bits per heavy atom. The molecule has 1 heterocycles. The molecule has 2 unspecified atom stereocenters. The van der Waals surface area contributed by atoms with Crippen molar-refractivity contribution in [2.75, 3.05) is 5.73 Å². The lowest BCUT2D eigenvalue weighted by molar-refractivity contribution is 0.324. The van der Waals surface area contributed by atoms with Crippen LogP contribution in [-0.4, -0.2) is 10.1 Å². The number of benzene rings is 1. The van der Waals surface area contributed by atoms with Crippen LogP contribution in [-0.2, 0) is 0 Å². The first kappa shape index (κ1) is 13.1. The van der Waals surface area contributed by atoms with Crippen LogP contribution in [0.4, 0.5) is 10.1 Å². The van der Waals surface area contributed by atoms with E-state index in [1.54, 1.807) is 6.07 Å². The smallest absolute Gasteiger partial charge is 0.258 e. The fourth-order valence-corrected chi connectivity index (χ4v) is 2.86. The van der Waals surface area contributed by atoms with Gasteiger partial charge in [-0.15, -0.1) is 0 Å². The van der Waals surface area contributed by atoms with Crippen LogP contribution >= 0.6 is 0 Å². The predicted molar refractivity (Wildman–Crippen MR) is 74.5 cm³/mol. The van der Waals surface area contributed by atoms with E-state index in [1.165, 1.54) is 25.0 Å². The highest BCUT2D eigenvalue weighted by Gasteiger charge is 2.24. The van der Waals surface area contributed by atoms with E-state index in [-0.39, 0.29) is 5.69 Å². The van der Waals surface area contributed by atoms with Crippen LogP contribution in [0.15, 0.2) is 22.7 Å². The van der Waals surface area contributed by atoms with Gasteiger partial charge < -0.3 is 10.3 Å². The molecule has 1 fully saturated rings. The van der Waals surface area contributed by atoms with E-state index in [9.17, 15) is 4.39 Å². The molecule has 0 amide bonds. The van der Waals surface area contributed by atoms with Crippen LogP contribution in [0.2, 0.25) is 0 Å². The third kappa shape index (κ3) is 2.53. The summed E-state index contributed by atoms with van der Waals surface area (Å²) in [7, 11) is 0. The molecule has 3 rings (SSSR count). The first-order chi connectivity index (χ1) is 9.63. The number of hydrogen-bond acceptors (Lipinski definition) is 4. The van der Waals surface area contributed by atoms with Crippen LogP contribution in [0.3, 0.4) is 0 Å². The van der Waals surface area contributed by atoms with Crippen LogP contribution in [0.5, 0.6) is 0 Å². The molecule has 1 aromatic heterocycles. The van der Waals surface area contributed by atoms with Crippen molar-refractivity contribution in [3.05, 3.63) is 29.8 Å². The molecule has 1 aromatic carbocycles. The zero-order valence-corrected chi connectivity index (χ0v) is 11.5. The maximum Gasteiger partial charge on any atom is 0.258 e. The fraction of sp³-hybridized carbons (Fsp3) is 0.467. The number of nitrogen functional groups attached to an aromatic ring is 1. The van der Waals surface area contributed by atoms with Gasteiger partial charge in [0.25, 0.3) is 5.89 Å². The fourth-order valence-electron chi connectivity index (χ4n) is 2.86. The summed E-state index contributed by atoms with van der Waals surface area (Å²) >= 11 is 0. The number of aromatic nitrogens is 2. The Balaban J connectivity index is 1.84. The Kier molecular flexibility index (Phi) is 3.42. The normalized spacial score (nSPS) is 22.9. The maximum atomic E-state index is 13.2. The summed E-state index contributed by atoms with van der Waals surface area (Å²) in [6.07, 6.45) is 4.69. The molecule has 0 aliphatic heterocycles. The van der Waals surface area contributed by atoms with Gasteiger partial charge in [-0.1, -0.05) is 24.9 Å². The van der Waals surface area contributed by atoms with Crippen LogP contribution in [0, 0.1) is 11.7 Å². The highest BCUT2D eigenvalue weighted by molar-refractivity contribution is 5.60. The van der Waals surface area contributed by atoms with E-state index < -0.39 is 5.82 Å². The summed E-state index contributed by atoms with van der Waals surface area (Å²) in [5.41, 5.74) is 6.31. The minimum Gasteiger partial charge on any atom is -0.396 e. The topological polar surface area (TPSA) is 64.9 Å². The Hall–Kier alpha value is -1.91. The van der Waals surface area contributed by atoms with Crippen LogP contribution in [0.1, 0.15) is 44.3 Å². The quantitative estimate of drug-likeness (QED) is 0.848. The number of nitrogens with zero attached hydrogens (tertiary/aromatic N) is 2. The van der Waals surface area contributed by atoms with E-state index in [2.05, 4.69) is 17.1 Å². The van der Waals surface area contributed by atoms with Gasteiger partial charge in [-0.05, 0) is 37.0 Å².